The molecule has 1 unspecified atom stereocenters. The maximum absolute atomic E-state index is 3.49. The lowest BCUT2D eigenvalue weighted by Gasteiger charge is -2.14. The summed E-state index contributed by atoms with van der Waals surface area (Å²) in [6.07, 6.45) is 1.10. The second-order valence-corrected chi connectivity index (χ2v) is 6.47. The van der Waals surface area contributed by atoms with Gasteiger partial charge in [0, 0.05) is 4.47 Å². The Morgan fingerprint density at radius 3 is 2.21 bits per heavy atom. The van der Waals surface area contributed by atoms with Crippen molar-refractivity contribution in [2.75, 3.05) is 0 Å². The fourth-order valence-electron chi connectivity index (χ4n) is 2.34. The fourth-order valence-corrected chi connectivity index (χ4v) is 2.61. The molecule has 0 amide bonds. The third-order valence-corrected chi connectivity index (χ3v) is 4.13. The van der Waals surface area contributed by atoms with E-state index in [1.807, 2.05) is 0 Å². The van der Waals surface area contributed by atoms with Gasteiger partial charge in [-0.25, -0.2) is 0 Å². The van der Waals surface area contributed by atoms with E-state index < -0.39 is 0 Å². The summed E-state index contributed by atoms with van der Waals surface area (Å²) in [5.41, 5.74) is 4.26. The topological polar surface area (TPSA) is 0 Å². The second kappa shape index (κ2) is 6.38. The first-order valence-corrected chi connectivity index (χ1v) is 7.70. The van der Waals surface area contributed by atoms with Crippen molar-refractivity contribution in [1.82, 2.24) is 0 Å². The van der Waals surface area contributed by atoms with Crippen LogP contribution in [-0.2, 0) is 6.42 Å². The number of hydrogen-bond acceptors (Lipinski definition) is 0. The predicted molar refractivity (Wildman–Crippen MR) is 86.8 cm³/mol. The molecule has 1 atom stereocenters. The highest BCUT2D eigenvalue weighted by Crippen LogP contribution is 2.24. The molecular weight excluding hydrogens is 296 g/mol. The molecule has 0 N–H and O–H groups in total. The van der Waals surface area contributed by atoms with Crippen LogP contribution >= 0.6 is 15.9 Å². The van der Waals surface area contributed by atoms with Crippen molar-refractivity contribution in [3.05, 3.63) is 69.7 Å². The standard InChI is InChI=1S/C18H21Br/c1-13(2)17-6-4-5-15(12-17)11-14(3)16-7-9-18(19)10-8-16/h4-10,12-14H,11H2,1-3H3. The van der Waals surface area contributed by atoms with Gasteiger partial charge in [-0.3, -0.25) is 0 Å². The van der Waals surface area contributed by atoms with Crippen molar-refractivity contribution < 1.29 is 0 Å². The van der Waals surface area contributed by atoms with Gasteiger partial charge in [0.25, 0.3) is 0 Å². The van der Waals surface area contributed by atoms with E-state index in [0.29, 0.717) is 11.8 Å². The van der Waals surface area contributed by atoms with Gasteiger partial charge in [-0.2, -0.15) is 0 Å². The van der Waals surface area contributed by atoms with Gasteiger partial charge in [0.2, 0.25) is 0 Å². The molecule has 0 fully saturated rings. The smallest absolute Gasteiger partial charge is 0.0175 e. The van der Waals surface area contributed by atoms with E-state index >= 15 is 0 Å². The van der Waals surface area contributed by atoms with Crippen molar-refractivity contribution in [3.63, 3.8) is 0 Å². The molecule has 0 radical (unpaired) electrons. The molecule has 0 aliphatic carbocycles. The first-order chi connectivity index (χ1) is 9.06. The lowest BCUT2D eigenvalue weighted by atomic mass is 9.92. The summed E-state index contributed by atoms with van der Waals surface area (Å²) < 4.78 is 1.14. The van der Waals surface area contributed by atoms with Gasteiger partial charge in [0.15, 0.2) is 0 Å². The number of halogens is 1. The molecule has 0 aliphatic heterocycles. The summed E-state index contributed by atoms with van der Waals surface area (Å²) in [4.78, 5) is 0. The summed E-state index contributed by atoms with van der Waals surface area (Å²) in [5, 5.41) is 0. The van der Waals surface area contributed by atoms with Gasteiger partial charge in [0.1, 0.15) is 0 Å². The molecule has 1 heteroatoms. The van der Waals surface area contributed by atoms with Crippen molar-refractivity contribution >= 4 is 15.9 Å². The largest absolute Gasteiger partial charge is 0.0617 e. The highest BCUT2D eigenvalue weighted by molar-refractivity contribution is 9.10. The number of rotatable bonds is 4. The predicted octanol–water partition coefficient (Wildman–Crippen LogP) is 5.92. The minimum absolute atomic E-state index is 0.551. The van der Waals surface area contributed by atoms with Gasteiger partial charge < -0.3 is 0 Å². The van der Waals surface area contributed by atoms with Crippen molar-refractivity contribution in [2.45, 2.75) is 39.0 Å². The summed E-state index contributed by atoms with van der Waals surface area (Å²) in [7, 11) is 0. The van der Waals surface area contributed by atoms with Crippen LogP contribution in [0.25, 0.3) is 0 Å². The van der Waals surface area contributed by atoms with E-state index in [1.54, 1.807) is 0 Å². The summed E-state index contributed by atoms with van der Waals surface area (Å²) in [6.45, 7) is 6.79. The summed E-state index contributed by atoms with van der Waals surface area (Å²) in [6, 6.07) is 17.6. The SMILES string of the molecule is CC(C)c1cccc(CC(C)c2ccc(Br)cc2)c1. The molecule has 0 spiro atoms. The molecule has 0 aliphatic rings. The van der Waals surface area contributed by atoms with Crippen LogP contribution in [0.5, 0.6) is 0 Å². The van der Waals surface area contributed by atoms with Crippen LogP contribution in [-0.4, -0.2) is 0 Å². The minimum Gasteiger partial charge on any atom is -0.0617 e. The maximum Gasteiger partial charge on any atom is 0.0175 e. The van der Waals surface area contributed by atoms with Crippen LogP contribution in [0.1, 0.15) is 49.3 Å². The van der Waals surface area contributed by atoms with Crippen LogP contribution in [0.4, 0.5) is 0 Å². The zero-order valence-corrected chi connectivity index (χ0v) is 13.4. The summed E-state index contributed by atoms with van der Waals surface area (Å²) in [5.74, 6) is 1.15. The molecule has 2 aromatic carbocycles. The maximum atomic E-state index is 3.49. The Morgan fingerprint density at radius 2 is 1.58 bits per heavy atom. The first kappa shape index (κ1) is 14.3. The van der Waals surface area contributed by atoms with Crippen LogP contribution in [0.3, 0.4) is 0 Å². The molecular formula is C18H21Br. The Balaban J connectivity index is 2.12. The molecule has 0 saturated heterocycles. The van der Waals surface area contributed by atoms with Gasteiger partial charge in [-0.15, -0.1) is 0 Å². The average Bonchev–Trinajstić information content (AvgIpc) is 2.39. The molecule has 0 aromatic heterocycles. The Bertz CT molecular complexity index is 526. The molecule has 2 rings (SSSR count). The zero-order chi connectivity index (χ0) is 13.8. The lowest BCUT2D eigenvalue weighted by Crippen LogP contribution is -1.99. The Morgan fingerprint density at radius 1 is 0.895 bits per heavy atom. The zero-order valence-electron chi connectivity index (χ0n) is 11.9. The number of benzene rings is 2. The Hall–Kier alpha value is -1.08. The summed E-state index contributed by atoms with van der Waals surface area (Å²) >= 11 is 3.49. The quantitative estimate of drug-likeness (QED) is 0.657. The molecule has 19 heavy (non-hydrogen) atoms. The monoisotopic (exact) mass is 316 g/mol. The fraction of sp³-hybridized carbons (Fsp3) is 0.333. The second-order valence-electron chi connectivity index (χ2n) is 5.56. The Labute approximate surface area is 125 Å². The van der Waals surface area contributed by atoms with Gasteiger partial charge in [-0.05, 0) is 47.1 Å². The normalized spacial score (nSPS) is 12.7. The van der Waals surface area contributed by atoms with Gasteiger partial charge in [-0.1, -0.05) is 73.1 Å². The highest BCUT2D eigenvalue weighted by atomic mass is 79.9. The molecule has 0 bridgehead atoms. The van der Waals surface area contributed by atoms with E-state index in [9.17, 15) is 0 Å². The molecule has 100 valence electrons. The minimum atomic E-state index is 0.551. The molecule has 2 aromatic rings. The Kier molecular flexibility index (Phi) is 4.81. The molecule has 0 heterocycles. The van der Waals surface area contributed by atoms with E-state index in [1.165, 1.54) is 16.7 Å². The van der Waals surface area contributed by atoms with Crippen molar-refractivity contribution in [3.8, 4) is 0 Å². The van der Waals surface area contributed by atoms with E-state index in [0.717, 1.165) is 10.9 Å². The van der Waals surface area contributed by atoms with Crippen LogP contribution < -0.4 is 0 Å². The highest BCUT2D eigenvalue weighted by Gasteiger charge is 2.08. The van der Waals surface area contributed by atoms with Gasteiger partial charge >= 0.3 is 0 Å². The number of hydrogen-bond donors (Lipinski definition) is 0. The van der Waals surface area contributed by atoms with Crippen LogP contribution in [0, 0.1) is 0 Å². The first-order valence-electron chi connectivity index (χ1n) is 6.90. The third-order valence-electron chi connectivity index (χ3n) is 3.60. The van der Waals surface area contributed by atoms with Crippen LogP contribution in [0.15, 0.2) is 53.0 Å². The average molecular weight is 317 g/mol. The lowest BCUT2D eigenvalue weighted by molar-refractivity contribution is 0.755. The van der Waals surface area contributed by atoms with Crippen molar-refractivity contribution in [2.24, 2.45) is 0 Å². The van der Waals surface area contributed by atoms with Crippen LogP contribution in [0.2, 0.25) is 0 Å². The van der Waals surface area contributed by atoms with E-state index in [2.05, 4.69) is 85.2 Å². The molecule has 0 saturated carbocycles. The van der Waals surface area contributed by atoms with E-state index in [-0.39, 0.29) is 0 Å². The van der Waals surface area contributed by atoms with Crippen molar-refractivity contribution in [1.29, 1.82) is 0 Å². The third kappa shape index (κ3) is 3.94. The van der Waals surface area contributed by atoms with E-state index in [4.69, 9.17) is 0 Å². The van der Waals surface area contributed by atoms with Gasteiger partial charge in [0.05, 0.1) is 0 Å². The molecule has 0 nitrogen and oxygen atoms in total.